The molecule has 0 saturated carbocycles. The van der Waals surface area contributed by atoms with Crippen LogP contribution in [0, 0.1) is 0 Å². The second kappa shape index (κ2) is 10.3. The molecule has 9 nitrogen and oxygen atoms in total. The smallest absolute Gasteiger partial charge is 0.410 e. The number of nitrogens with zero attached hydrogens (tertiary/aromatic N) is 2. The molecule has 4 rings (SSSR count). The highest BCUT2D eigenvalue weighted by Gasteiger charge is 2.19. The van der Waals surface area contributed by atoms with Crippen molar-refractivity contribution in [2.24, 2.45) is 7.05 Å². The van der Waals surface area contributed by atoms with Gasteiger partial charge in [0.2, 0.25) is 0 Å². The number of carbonyl (C=O) groups is 1. The van der Waals surface area contributed by atoms with Gasteiger partial charge in [-0.05, 0) is 57.2 Å². The average Bonchev–Trinajstić information content (AvgIpc) is 3.32. The number of pyridine rings is 1. The molecule has 4 aromatic rings. The number of nitrogen functional groups attached to an aromatic ring is 1. The maximum atomic E-state index is 12.5. The number of rotatable bonds is 7. The number of nitrogens with one attached hydrogen (secondary N) is 1. The first kappa shape index (κ1) is 25.7. The van der Waals surface area contributed by atoms with Gasteiger partial charge in [-0.1, -0.05) is 6.07 Å². The minimum atomic E-state index is -0.555. The van der Waals surface area contributed by atoms with Gasteiger partial charge in [-0.2, -0.15) is 0 Å². The Morgan fingerprint density at radius 2 is 1.84 bits per heavy atom. The Kier molecular flexibility index (Phi) is 7.15. The lowest BCUT2D eigenvalue weighted by Gasteiger charge is -2.24. The number of carbonyl (C=O) groups excluding carboxylic acids is 1. The summed E-state index contributed by atoms with van der Waals surface area (Å²) in [6.45, 7) is 6.13. The van der Waals surface area contributed by atoms with Gasteiger partial charge < -0.3 is 34.4 Å². The van der Waals surface area contributed by atoms with Crippen molar-refractivity contribution in [2.45, 2.75) is 26.4 Å². The molecule has 0 fully saturated rings. The Bertz CT molecular complexity index is 1480. The Hall–Kier alpha value is -4.40. The summed E-state index contributed by atoms with van der Waals surface area (Å²) < 4.78 is 19.0. The quantitative estimate of drug-likeness (QED) is 0.337. The Balaban J connectivity index is 1.52. The minimum absolute atomic E-state index is 0.114. The van der Waals surface area contributed by atoms with Crippen LogP contribution in [0.15, 0.2) is 65.7 Å². The number of hydrogen-bond donors (Lipinski definition) is 2. The van der Waals surface area contributed by atoms with E-state index >= 15 is 0 Å². The second-order valence-corrected chi connectivity index (χ2v) is 9.81. The Labute approximate surface area is 215 Å². The molecule has 0 aliphatic rings. The van der Waals surface area contributed by atoms with E-state index in [4.69, 9.17) is 19.9 Å². The zero-order valence-corrected chi connectivity index (χ0v) is 21.7. The first-order valence-corrected chi connectivity index (χ1v) is 11.9. The summed E-state index contributed by atoms with van der Waals surface area (Å²) in [7, 11) is 3.38. The summed E-state index contributed by atoms with van der Waals surface area (Å²) in [5, 5.41) is 0.782. The number of ether oxygens (including phenoxy) is 3. The third-order valence-electron chi connectivity index (χ3n) is 5.62. The van der Waals surface area contributed by atoms with Gasteiger partial charge >= 0.3 is 6.09 Å². The molecule has 0 atom stereocenters. The number of aryl methyl sites for hydroxylation is 1. The molecule has 0 radical (unpaired) electrons. The van der Waals surface area contributed by atoms with Gasteiger partial charge in [0.05, 0.1) is 6.54 Å². The van der Waals surface area contributed by atoms with Crippen LogP contribution in [0.1, 0.15) is 20.8 Å². The van der Waals surface area contributed by atoms with Crippen molar-refractivity contribution < 1.29 is 19.0 Å². The van der Waals surface area contributed by atoms with Crippen LogP contribution in [0.4, 0.5) is 10.5 Å². The lowest BCUT2D eigenvalue weighted by molar-refractivity contribution is 0.0278. The van der Waals surface area contributed by atoms with E-state index in [9.17, 15) is 9.59 Å². The molecule has 9 heteroatoms. The zero-order valence-electron chi connectivity index (χ0n) is 21.7. The fourth-order valence-corrected chi connectivity index (χ4v) is 3.82. The van der Waals surface area contributed by atoms with Crippen molar-refractivity contribution in [3.8, 4) is 28.4 Å². The number of amides is 1. The summed E-state index contributed by atoms with van der Waals surface area (Å²) in [6.07, 6.45) is 3.11. The summed E-state index contributed by atoms with van der Waals surface area (Å²) >= 11 is 0. The number of nitrogens with two attached hydrogens (primary N) is 1. The maximum absolute atomic E-state index is 12.5. The lowest BCUT2D eigenvalue weighted by atomic mass is 10.0. The highest BCUT2D eigenvalue weighted by Crippen LogP contribution is 2.38. The molecule has 0 bridgehead atoms. The van der Waals surface area contributed by atoms with Crippen LogP contribution in [-0.4, -0.2) is 46.3 Å². The monoisotopic (exact) mass is 504 g/mol. The zero-order chi connectivity index (χ0) is 26.7. The molecular weight excluding hydrogens is 472 g/mol. The fourth-order valence-electron chi connectivity index (χ4n) is 3.82. The molecule has 0 aliphatic heterocycles. The molecule has 2 aromatic carbocycles. The van der Waals surface area contributed by atoms with Crippen molar-refractivity contribution >= 4 is 22.7 Å². The largest absolute Gasteiger partial charge is 0.492 e. The maximum Gasteiger partial charge on any atom is 0.410 e. The van der Waals surface area contributed by atoms with E-state index in [0.717, 1.165) is 16.5 Å². The standard InChI is InChI=1S/C28H32N4O5/c1-28(2,3)37-27(34)31(4)13-14-35-19-7-6-8-20(16-19)36-24-10-9-18(29)15-22(24)23-17-32(5)26(33)25-21(23)11-12-30-25/h6-12,15-17,30H,13-14,29H2,1-5H3. The molecule has 0 spiro atoms. The van der Waals surface area contributed by atoms with E-state index < -0.39 is 11.7 Å². The van der Waals surface area contributed by atoms with Gasteiger partial charge in [-0.25, -0.2) is 4.79 Å². The molecule has 2 heterocycles. The number of H-pyrrole nitrogens is 1. The molecule has 2 aromatic heterocycles. The Morgan fingerprint density at radius 1 is 1.08 bits per heavy atom. The second-order valence-electron chi connectivity index (χ2n) is 9.81. The molecular formula is C28H32N4O5. The molecule has 37 heavy (non-hydrogen) atoms. The molecule has 0 unspecified atom stereocenters. The highest BCUT2D eigenvalue weighted by atomic mass is 16.6. The summed E-state index contributed by atoms with van der Waals surface area (Å²) in [6, 6.07) is 14.5. The average molecular weight is 505 g/mol. The van der Waals surface area contributed by atoms with Crippen LogP contribution in [0.5, 0.6) is 17.2 Å². The third kappa shape index (κ3) is 6.06. The number of likely N-dealkylation sites (N-methyl/N-ethyl adjacent to an activating group) is 1. The predicted molar refractivity (Wildman–Crippen MR) is 144 cm³/mol. The van der Waals surface area contributed by atoms with Crippen LogP contribution in [0.25, 0.3) is 22.0 Å². The molecule has 0 saturated heterocycles. The number of hydrogen-bond acceptors (Lipinski definition) is 6. The number of anilines is 1. The number of aromatic amines is 1. The lowest BCUT2D eigenvalue weighted by Crippen LogP contribution is -2.36. The van der Waals surface area contributed by atoms with Gasteiger partial charge in [-0.3, -0.25) is 4.79 Å². The van der Waals surface area contributed by atoms with Crippen LogP contribution >= 0.6 is 0 Å². The van der Waals surface area contributed by atoms with Crippen LogP contribution < -0.4 is 20.8 Å². The van der Waals surface area contributed by atoms with E-state index in [0.29, 0.717) is 35.0 Å². The molecule has 0 aliphatic carbocycles. The SMILES string of the molecule is CN(CCOc1cccc(Oc2ccc(N)cc2-c2cn(C)c(=O)c3[nH]ccc23)c1)C(=O)OC(C)(C)C. The number of aromatic nitrogens is 2. The van der Waals surface area contributed by atoms with Crippen LogP contribution in [-0.2, 0) is 11.8 Å². The first-order valence-electron chi connectivity index (χ1n) is 11.9. The van der Waals surface area contributed by atoms with Crippen molar-refractivity contribution in [3.63, 3.8) is 0 Å². The molecule has 194 valence electrons. The Morgan fingerprint density at radius 3 is 2.59 bits per heavy atom. The van der Waals surface area contributed by atoms with Crippen molar-refractivity contribution in [1.29, 1.82) is 0 Å². The minimum Gasteiger partial charge on any atom is -0.492 e. The van der Waals surface area contributed by atoms with Crippen molar-refractivity contribution in [1.82, 2.24) is 14.5 Å². The van der Waals surface area contributed by atoms with Gasteiger partial charge in [0.1, 0.15) is 35.0 Å². The first-order chi connectivity index (χ1) is 17.5. The predicted octanol–water partition coefficient (Wildman–Crippen LogP) is 5.15. The van der Waals surface area contributed by atoms with E-state index in [-0.39, 0.29) is 12.2 Å². The van der Waals surface area contributed by atoms with Crippen molar-refractivity contribution in [2.75, 3.05) is 25.9 Å². The third-order valence-corrected chi connectivity index (χ3v) is 5.62. The normalized spacial score (nSPS) is 11.4. The molecule has 3 N–H and O–H groups in total. The fraction of sp³-hybridized carbons (Fsp3) is 0.286. The number of fused-ring (bicyclic) bond motifs is 1. The van der Waals surface area contributed by atoms with Gasteiger partial charge in [-0.15, -0.1) is 0 Å². The van der Waals surface area contributed by atoms with E-state index in [1.54, 1.807) is 44.7 Å². The summed E-state index contributed by atoms with van der Waals surface area (Å²) in [5.41, 5.74) is 8.11. The number of benzene rings is 2. The van der Waals surface area contributed by atoms with Crippen LogP contribution in [0.3, 0.4) is 0 Å². The van der Waals surface area contributed by atoms with Gasteiger partial charge in [0.15, 0.2) is 0 Å². The van der Waals surface area contributed by atoms with Gasteiger partial charge in [0, 0.05) is 54.8 Å². The van der Waals surface area contributed by atoms with E-state index in [1.807, 2.05) is 51.1 Å². The summed E-state index contributed by atoms with van der Waals surface area (Å²) in [5.74, 6) is 1.75. The van der Waals surface area contributed by atoms with Gasteiger partial charge in [0.25, 0.3) is 5.56 Å². The topological polar surface area (TPSA) is 112 Å². The summed E-state index contributed by atoms with van der Waals surface area (Å²) in [4.78, 5) is 29.1. The van der Waals surface area contributed by atoms with Crippen LogP contribution in [0.2, 0.25) is 0 Å². The van der Waals surface area contributed by atoms with E-state index in [1.165, 1.54) is 9.47 Å². The van der Waals surface area contributed by atoms with Crippen molar-refractivity contribution in [3.05, 3.63) is 71.3 Å². The molecule has 1 amide bonds. The van der Waals surface area contributed by atoms with E-state index in [2.05, 4.69) is 4.98 Å². The highest BCUT2D eigenvalue weighted by molar-refractivity contribution is 5.96.